The van der Waals surface area contributed by atoms with Gasteiger partial charge in [0.1, 0.15) is 6.17 Å². The van der Waals surface area contributed by atoms with E-state index in [1.807, 2.05) is 10.5 Å². The minimum Gasteiger partial charge on any atom is -0.229 e. The topological polar surface area (TPSA) is 67.1 Å². The Kier molecular flexibility index (Phi) is 4.71. The third-order valence-corrected chi connectivity index (χ3v) is 3.60. The van der Waals surface area contributed by atoms with Gasteiger partial charge in [0.15, 0.2) is 0 Å². The quantitative estimate of drug-likeness (QED) is 0.362. The van der Waals surface area contributed by atoms with Gasteiger partial charge in [0.05, 0.1) is 0 Å². The van der Waals surface area contributed by atoms with E-state index in [2.05, 4.69) is 43.3 Å². The van der Waals surface area contributed by atoms with Gasteiger partial charge < -0.3 is 0 Å². The SMILES string of the molecule is CC(C)=CCC/C(C)=C/C1NN1N(N)c1nccs1. The highest BCUT2D eigenvalue weighted by atomic mass is 32.1. The van der Waals surface area contributed by atoms with Crippen LogP contribution in [-0.4, -0.2) is 16.3 Å². The van der Waals surface area contributed by atoms with Crippen LogP contribution < -0.4 is 16.4 Å². The number of thiazole rings is 1. The van der Waals surface area contributed by atoms with Crippen LogP contribution in [0.15, 0.2) is 34.9 Å². The first-order valence-corrected chi connectivity index (χ1v) is 7.26. The van der Waals surface area contributed by atoms with Crippen LogP contribution in [0.25, 0.3) is 0 Å². The summed E-state index contributed by atoms with van der Waals surface area (Å²) in [7, 11) is 0. The van der Waals surface area contributed by atoms with E-state index in [9.17, 15) is 0 Å². The van der Waals surface area contributed by atoms with Crippen LogP contribution >= 0.6 is 11.3 Å². The molecule has 0 saturated carbocycles. The zero-order valence-electron chi connectivity index (χ0n) is 11.6. The van der Waals surface area contributed by atoms with E-state index in [-0.39, 0.29) is 6.17 Å². The fourth-order valence-corrected chi connectivity index (χ4v) is 2.33. The molecule has 2 unspecified atom stereocenters. The van der Waals surface area contributed by atoms with E-state index in [0.717, 1.165) is 18.0 Å². The Morgan fingerprint density at radius 1 is 1.58 bits per heavy atom. The Morgan fingerprint density at radius 3 is 3.00 bits per heavy atom. The molecule has 2 rings (SSSR count). The summed E-state index contributed by atoms with van der Waals surface area (Å²) in [5, 5.41) is 6.11. The number of aromatic nitrogens is 1. The molecule has 1 aliphatic heterocycles. The predicted molar refractivity (Wildman–Crippen MR) is 80.0 cm³/mol. The van der Waals surface area contributed by atoms with E-state index in [1.54, 1.807) is 11.3 Å². The molecule has 6 heteroatoms. The summed E-state index contributed by atoms with van der Waals surface area (Å²) in [5.74, 6) is 5.96. The van der Waals surface area contributed by atoms with E-state index >= 15 is 0 Å². The first-order valence-electron chi connectivity index (χ1n) is 6.38. The number of nitrogens with zero attached hydrogens (tertiary/aromatic N) is 3. The molecule has 0 amide bonds. The van der Waals surface area contributed by atoms with Gasteiger partial charge in [-0.1, -0.05) is 17.2 Å². The fourth-order valence-electron chi connectivity index (χ4n) is 1.77. The van der Waals surface area contributed by atoms with E-state index in [0.29, 0.717) is 0 Å². The second-order valence-corrected chi connectivity index (χ2v) is 5.78. The molecule has 0 radical (unpaired) electrons. The smallest absolute Gasteiger partial charge is 0.216 e. The Balaban J connectivity index is 1.81. The minimum atomic E-state index is 0.181. The molecular weight excluding hydrogens is 258 g/mol. The van der Waals surface area contributed by atoms with Gasteiger partial charge in [-0.3, -0.25) is 0 Å². The zero-order valence-corrected chi connectivity index (χ0v) is 12.4. The van der Waals surface area contributed by atoms with Crippen LogP contribution in [0.4, 0.5) is 5.13 Å². The maximum absolute atomic E-state index is 5.96. The highest BCUT2D eigenvalue weighted by molar-refractivity contribution is 7.13. The molecule has 1 aromatic rings. The number of nitrogens with two attached hydrogens (primary N) is 1. The van der Waals surface area contributed by atoms with Crippen molar-refractivity contribution >= 4 is 16.5 Å². The predicted octanol–water partition coefficient (Wildman–Crippen LogP) is 2.58. The van der Waals surface area contributed by atoms with Gasteiger partial charge in [0.2, 0.25) is 5.13 Å². The average Bonchev–Trinajstić information content (AvgIpc) is 2.90. The molecule has 1 saturated heterocycles. The second-order valence-electron chi connectivity index (χ2n) is 4.91. The molecule has 3 N–H and O–H groups in total. The molecule has 1 fully saturated rings. The summed E-state index contributed by atoms with van der Waals surface area (Å²) >= 11 is 1.52. The fraction of sp³-hybridized carbons (Fsp3) is 0.462. The summed E-state index contributed by atoms with van der Waals surface area (Å²) in [4.78, 5) is 4.17. The molecule has 1 aliphatic rings. The van der Waals surface area contributed by atoms with Crippen molar-refractivity contribution in [3.63, 3.8) is 0 Å². The van der Waals surface area contributed by atoms with Crippen LogP contribution in [0.3, 0.4) is 0 Å². The molecule has 0 bridgehead atoms. The molecule has 19 heavy (non-hydrogen) atoms. The number of hydrogen-bond acceptors (Lipinski definition) is 6. The van der Waals surface area contributed by atoms with Gasteiger partial charge in [0.25, 0.3) is 0 Å². The van der Waals surface area contributed by atoms with Crippen LogP contribution in [0.1, 0.15) is 33.6 Å². The number of nitrogens with one attached hydrogen (secondary N) is 1. The second kappa shape index (κ2) is 6.29. The van der Waals surface area contributed by atoms with E-state index < -0.39 is 0 Å². The first kappa shape index (κ1) is 14.2. The van der Waals surface area contributed by atoms with Crippen LogP contribution in [-0.2, 0) is 0 Å². The average molecular weight is 279 g/mol. The summed E-state index contributed by atoms with van der Waals surface area (Å²) in [6, 6.07) is 0. The lowest BCUT2D eigenvalue weighted by atomic mass is 10.1. The van der Waals surface area contributed by atoms with Gasteiger partial charge in [-0.25, -0.2) is 16.3 Å². The van der Waals surface area contributed by atoms with Crippen molar-refractivity contribution in [3.8, 4) is 0 Å². The zero-order chi connectivity index (χ0) is 13.8. The van der Waals surface area contributed by atoms with Crippen molar-refractivity contribution in [1.29, 1.82) is 0 Å². The molecule has 5 nitrogen and oxygen atoms in total. The maximum Gasteiger partial charge on any atom is 0.216 e. The van der Waals surface area contributed by atoms with Crippen molar-refractivity contribution in [1.82, 2.24) is 15.5 Å². The third kappa shape index (κ3) is 4.14. The van der Waals surface area contributed by atoms with Crippen LogP contribution in [0.5, 0.6) is 0 Å². The van der Waals surface area contributed by atoms with Crippen molar-refractivity contribution < 1.29 is 0 Å². The molecule has 0 aliphatic carbocycles. The lowest BCUT2D eigenvalue weighted by Gasteiger charge is -2.13. The van der Waals surface area contributed by atoms with Crippen molar-refractivity contribution in [3.05, 3.63) is 34.9 Å². The number of anilines is 1. The molecule has 2 atom stereocenters. The van der Waals surface area contributed by atoms with Gasteiger partial charge >= 0.3 is 0 Å². The number of allylic oxidation sites excluding steroid dienone is 3. The molecule has 1 aromatic heterocycles. The Hall–Kier alpha value is -1.21. The third-order valence-electron chi connectivity index (χ3n) is 2.84. The van der Waals surface area contributed by atoms with Gasteiger partial charge in [0, 0.05) is 11.6 Å². The molecule has 104 valence electrons. The number of rotatable bonds is 6. The Morgan fingerprint density at radius 2 is 2.37 bits per heavy atom. The van der Waals surface area contributed by atoms with Crippen LogP contribution in [0.2, 0.25) is 0 Å². The van der Waals surface area contributed by atoms with E-state index in [4.69, 9.17) is 5.84 Å². The van der Waals surface area contributed by atoms with Crippen molar-refractivity contribution in [2.75, 3.05) is 5.12 Å². The van der Waals surface area contributed by atoms with Crippen molar-refractivity contribution in [2.45, 2.75) is 39.8 Å². The molecule has 0 spiro atoms. The lowest BCUT2D eigenvalue weighted by Crippen LogP contribution is -2.38. The lowest BCUT2D eigenvalue weighted by molar-refractivity contribution is 0.455. The summed E-state index contributed by atoms with van der Waals surface area (Å²) in [6.07, 6.45) is 8.57. The normalized spacial score (nSPS) is 22.2. The number of hydrazine groups is 3. The first-order chi connectivity index (χ1) is 9.08. The van der Waals surface area contributed by atoms with E-state index in [1.165, 1.54) is 22.5 Å². The summed E-state index contributed by atoms with van der Waals surface area (Å²) in [6.45, 7) is 6.41. The molecule has 0 aromatic carbocycles. The standard InChI is InChI=1S/C13H21N5S/c1-10(2)5-4-6-11(3)9-12-16-18(12)17(14)13-15-7-8-19-13/h5,7-9,12,16H,4,6,14H2,1-3H3/b11-9+. The van der Waals surface area contributed by atoms with Crippen molar-refractivity contribution in [2.24, 2.45) is 5.84 Å². The Bertz CT molecular complexity index is 461. The Labute approximate surface area is 118 Å². The largest absolute Gasteiger partial charge is 0.229 e. The van der Waals surface area contributed by atoms with Gasteiger partial charge in [-0.15, -0.1) is 16.5 Å². The maximum atomic E-state index is 5.96. The highest BCUT2D eigenvalue weighted by Gasteiger charge is 2.37. The summed E-state index contributed by atoms with van der Waals surface area (Å²) in [5.41, 5.74) is 5.93. The van der Waals surface area contributed by atoms with Crippen LogP contribution in [0, 0.1) is 0 Å². The monoisotopic (exact) mass is 279 g/mol. The minimum absolute atomic E-state index is 0.181. The number of hydrogen-bond donors (Lipinski definition) is 2. The molecular formula is C13H21N5S. The highest BCUT2D eigenvalue weighted by Crippen LogP contribution is 2.22. The molecule has 2 heterocycles. The van der Waals surface area contributed by atoms with Gasteiger partial charge in [-0.2, -0.15) is 5.12 Å². The van der Waals surface area contributed by atoms with Gasteiger partial charge in [-0.05, 0) is 39.7 Å². The summed E-state index contributed by atoms with van der Waals surface area (Å²) < 4.78 is 0.